The normalized spacial score (nSPS) is 13.2. The van der Waals surface area contributed by atoms with Crippen molar-refractivity contribution in [2.24, 2.45) is 0 Å². The lowest BCUT2D eigenvalue weighted by Gasteiger charge is -2.22. The van der Waals surface area contributed by atoms with Crippen LogP contribution in [0.25, 0.3) is 6.08 Å². The highest BCUT2D eigenvalue weighted by molar-refractivity contribution is 5.87. The largest absolute Gasteiger partial charge is 0.458 e. The predicted octanol–water partition coefficient (Wildman–Crippen LogP) is 5.09. The third-order valence-corrected chi connectivity index (χ3v) is 4.73. The lowest BCUT2D eigenvalue weighted by Crippen LogP contribution is -2.13. The van der Waals surface area contributed by atoms with Crippen LogP contribution >= 0.6 is 0 Å². The summed E-state index contributed by atoms with van der Waals surface area (Å²) in [6.07, 6.45) is 3.15. The van der Waals surface area contributed by atoms with Crippen LogP contribution in [0.5, 0.6) is 11.5 Å². The maximum absolute atomic E-state index is 12.1. The molecule has 1 aliphatic rings. The fraction of sp³-hybridized carbons (Fsp3) is 0.348. The van der Waals surface area contributed by atoms with E-state index in [9.17, 15) is 4.79 Å². The fourth-order valence-electron chi connectivity index (χ4n) is 3.03. The molecule has 2 aromatic carbocycles. The number of esters is 1. The van der Waals surface area contributed by atoms with Gasteiger partial charge in [-0.3, -0.25) is 0 Å². The van der Waals surface area contributed by atoms with Crippen molar-refractivity contribution in [2.75, 3.05) is 6.79 Å². The van der Waals surface area contributed by atoms with E-state index in [1.54, 1.807) is 6.08 Å². The molecule has 0 aromatic heterocycles. The standard InChI is InChI=1S/C23H26O4/c1-15-10-18(23(3,4)5)11-16(2)19(15)13-25-22(24)9-7-17-6-8-20-21(12-17)27-14-26-20/h6-12H,13-14H2,1-5H3. The van der Waals surface area contributed by atoms with Crippen molar-refractivity contribution in [3.63, 3.8) is 0 Å². The molecule has 0 spiro atoms. The van der Waals surface area contributed by atoms with E-state index in [0.29, 0.717) is 5.75 Å². The second-order valence-corrected chi connectivity index (χ2v) is 7.89. The first-order valence-electron chi connectivity index (χ1n) is 9.09. The van der Waals surface area contributed by atoms with Crippen LogP contribution < -0.4 is 9.47 Å². The molecule has 0 atom stereocenters. The molecule has 0 unspecified atom stereocenters. The summed E-state index contributed by atoms with van der Waals surface area (Å²) < 4.78 is 16.1. The van der Waals surface area contributed by atoms with Crippen molar-refractivity contribution in [1.82, 2.24) is 0 Å². The Hall–Kier alpha value is -2.75. The molecule has 2 aromatic rings. The Balaban J connectivity index is 1.64. The smallest absolute Gasteiger partial charge is 0.331 e. The van der Waals surface area contributed by atoms with Gasteiger partial charge in [-0.1, -0.05) is 39.0 Å². The molecule has 142 valence electrons. The van der Waals surface area contributed by atoms with Gasteiger partial charge in [0.25, 0.3) is 0 Å². The molecular formula is C23H26O4. The average Bonchev–Trinajstić information content (AvgIpc) is 3.06. The molecule has 1 heterocycles. The summed E-state index contributed by atoms with van der Waals surface area (Å²) >= 11 is 0. The molecule has 4 nitrogen and oxygen atoms in total. The summed E-state index contributed by atoms with van der Waals surface area (Å²) in [5.74, 6) is 1.04. The lowest BCUT2D eigenvalue weighted by atomic mass is 9.84. The first kappa shape index (κ1) is 19.0. The third-order valence-electron chi connectivity index (χ3n) is 4.73. The molecule has 0 aliphatic carbocycles. The molecule has 0 radical (unpaired) electrons. The Morgan fingerprint density at radius 3 is 2.41 bits per heavy atom. The van der Waals surface area contributed by atoms with Crippen LogP contribution in [-0.2, 0) is 21.6 Å². The Kier molecular flexibility index (Phi) is 5.26. The SMILES string of the molecule is Cc1cc(C(C)(C)C)cc(C)c1COC(=O)C=Cc1ccc2c(c1)OCO2. The zero-order chi connectivity index (χ0) is 19.6. The van der Waals surface area contributed by atoms with Crippen molar-refractivity contribution in [1.29, 1.82) is 0 Å². The van der Waals surface area contributed by atoms with E-state index >= 15 is 0 Å². The summed E-state index contributed by atoms with van der Waals surface area (Å²) in [5, 5.41) is 0. The van der Waals surface area contributed by atoms with Crippen molar-refractivity contribution in [3.05, 3.63) is 64.2 Å². The first-order chi connectivity index (χ1) is 12.7. The molecule has 1 aliphatic heterocycles. The van der Waals surface area contributed by atoms with Crippen LogP contribution in [0.2, 0.25) is 0 Å². The van der Waals surface area contributed by atoms with Crippen molar-refractivity contribution < 1.29 is 19.0 Å². The van der Waals surface area contributed by atoms with Gasteiger partial charge < -0.3 is 14.2 Å². The van der Waals surface area contributed by atoms with Gasteiger partial charge >= 0.3 is 5.97 Å². The molecule has 27 heavy (non-hydrogen) atoms. The Bertz CT molecular complexity index is 865. The Labute approximate surface area is 160 Å². The molecule has 0 saturated carbocycles. The highest BCUT2D eigenvalue weighted by Gasteiger charge is 2.17. The molecule has 0 fully saturated rings. The van der Waals surface area contributed by atoms with Crippen LogP contribution in [0, 0.1) is 13.8 Å². The van der Waals surface area contributed by atoms with E-state index in [1.807, 2.05) is 18.2 Å². The minimum absolute atomic E-state index is 0.0953. The first-order valence-corrected chi connectivity index (χ1v) is 9.09. The highest BCUT2D eigenvalue weighted by Crippen LogP contribution is 2.32. The lowest BCUT2D eigenvalue weighted by molar-refractivity contribution is -0.138. The number of fused-ring (bicyclic) bond motifs is 1. The molecule has 0 bridgehead atoms. The van der Waals surface area contributed by atoms with Gasteiger partial charge in [-0.2, -0.15) is 0 Å². The van der Waals surface area contributed by atoms with E-state index < -0.39 is 0 Å². The molecule has 0 amide bonds. The van der Waals surface area contributed by atoms with Gasteiger partial charge in [0.1, 0.15) is 6.61 Å². The molecular weight excluding hydrogens is 340 g/mol. The van der Waals surface area contributed by atoms with E-state index in [2.05, 4.69) is 46.8 Å². The highest BCUT2D eigenvalue weighted by atomic mass is 16.7. The van der Waals surface area contributed by atoms with Crippen LogP contribution in [0.15, 0.2) is 36.4 Å². The fourth-order valence-corrected chi connectivity index (χ4v) is 3.03. The molecule has 0 saturated heterocycles. The van der Waals surface area contributed by atoms with Gasteiger partial charge in [-0.15, -0.1) is 0 Å². The van der Waals surface area contributed by atoms with Gasteiger partial charge in [0.05, 0.1) is 0 Å². The van der Waals surface area contributed by atoms with E-state index in [1.165, 1.54) is 11.6 Å². The number of hydrogen-bond donors (Lipinski definition) is 0. The second-order valence-electron chi connectivity index (χ2n) is 7.89. The number of aryl methyl sites for hydroxylation is 2. The summed E-state index contributed by atoms with van der Waals surface area (Å²) in [4.78, 5) is 12.1. The van der Waals surface area contributed by atoms with E-state index in [4.69, 9.17) is 14.2 Å². The molecule has 4 heteroatoms. The number of rotatable bonds is 4. The van der Waals surface area contributed by atoms with Gasteiger partial charge in [0.2, 0.25) is 6.79 Å². The minimum atomic E-state index is -0.369. The monoisotopic (exact) mass is 366 g/mol. The maximum atomic E-state index is 12.1. The minimum Gasteiger partial charge on any atom is -0.458 e. The second kappa shape index (κ2) is 7.47. The van der Waals surface area contributed by atoms with Gasteiger partial charge in [-0.25, -0.2) is 4.79 Å². The van der Waals surface area contributed by atoms with Crippen molar-refractivity contribution in [2.45, 2.75) is 46.6 Å². The van der Waals surface area contributed by atoms with Gasteiger partial charge in [0, 0.05) is 6.08 Å². The molecule has 3 rings (SSSR count). The van der Waals surface area contributed by atoms with Gasteiger partial charge in [0.15, 0.2) is 11.5 Å². The van der Waals surface area contributed by atoms with Crippen molar-refractivity contribution in [3.8, 4) is 11.5 Å². The average molecular weight is 366 g/mol. The topological polar surface area (TPSA) is 44.8 Å². The van der Waals surface area contributed by atoms with Crippen LogP contribution in [-0.4, -0.2) is 12.8 Å². The van der Waals surface area contributed by atoms with E-state index in [-0.39, 0.29) is 24.8 Å². The maximum Gasteiger partial charge on any atom is 0.331 e. The van der Waals surface area contributed by atoms with E-state index in [0.717, 1.165) is 28.0 Å². The predicted molar refractivity (Wildman–Crippen MR) is 106 cm³/mol. The zero-order valence-corrected chi connectivity index (χ0v) is 16.6. The summed E-state index contributed by atoms with van der Waals surface area (Å²) in [5.41, 5.74) is 5.60. The molecule has 0 N–H and O–H groups in total. The number of hydrogen-bond acceptors (Lipinski definition) is 4. The van der Waals surface area contributed by atoms with Crippen LogP contribution in [0.3, 0.4) is 0 Å². The number of carbonyl (C=O) groups is 1. The summed E-state index contributed by atoms with van der Waals surface area (Å²) in [7, 11) is 0. The quantitative estimate of drug-likeness (QED) is 0.559. The Morgan fingerprint density at radius 1 is 1.07 bits per heavy atom. The zero-order valence-electron chi connectivity index (χ0n) is 16.6. The van der Waals surface area contributed by atoms with Crippen molar-refractivity contribution >= 4 is 12.0 Å². The summed E-state index contributed by atoms with van der Waals surface area (Å²) in [6.45, 7) is 11.2. The number of carbonyl (C=O) groups excluding carboxylic acids is 1. The number of benzene rings is 2. The van der Waals surface area contributed by atoms with Crippen LogP contribution in [0.4, 0.5) is 0 Å². The summed E-state index contributed by atoms with van der Waals surface area (Å²) in [6, 6.07) is 9.90. The third kappa shape index (κ3) is 4.51. The number of ether oxygens (including phenoxy) is 3. The van der Waals surface area contributed by atoms with Gasteiger partial charge in [-0.05, 0) is 65.3 Å². The van der Waals surface area contributed by atoms with Crippen LogP contribution in [0.1, 0.15) is 48.6 Å². The Morgan fingerprint density at radius 2 is 1.74 bits per heavy atom.